The number of hydrogen-bond donors (Lipinski definition) is 0. The van der Waals surface area contributed by atoms with Crippen molar-refractivity contribution in [1.29, 1.82) is 21.0 Å². The molecule has 0 N–H and O–H groups in total. The van der Waals surface area contributed by atoms with Crippen molar-refractivity contribution < 1.29 is 0 Å². The molecule has 8 heteroatoms. The standard InChI is InChI=1S/C10Cl2N6/c11-7-5(1-13)9(17-3-15)8(12)6(2-14)10(7)18-4-16. The molecule has 18 heavy (non-hydrogen) atoms. The van der Waals surface area contributed by atoms with Gasteiger partial charge >= 0.3 is 0 Å². The predicted molar refractivity (Wildman–Crippen MR) is 63.1 cm³/mol. The van der Waals surface area contributed by atoms with Crippen LogP contribution in [0.1, 0.15) is 0 Å². The number of nitrogens with zero attached hydrogens (tertiary/aromatic N) is 6. The molecule has 6 nitrogen and oxygen atoms in total. The molecular weight excluding hydrogens is 275 g/mol. The van der Waals surface area contributed by atoms with Gasteiger partial charge in [-0.2, -0.15) is 31.0 Å². The summed E-state index contributed by atoms with van der Waals surface area (Å²) in [6.45, 7) is 0. The summed E-state index contributed by atoms with van der Waals surface area (Å²) in [6.07, 6.45) is 2.91. The Morgan fingerprint density at radius 3 is 1.28 bits per heavy atom. The van der Waals surface area contributed by atoms with Crippen molar-refractivity contribution in [3.8, 4) is 24.5 Å². The Kier molecular flexibility index (Phi) is 4.19. The summed E-state index contributed by atoms with van der Waals surface area (Å²) in [5.74, 6) is 0. The fourth-order valence-corrected chi connectivity index (χ4v) is 1.72. The largest absolute Gasteiger partial charge is 0.206 e. The molecular formula is C10Cl2N6. The van der Waals surface area contributed by atoms with Crippen LogP contribution in [0.25, 0.3) is 0 Å². The number of hydrogen-bond acceptors (Lipinski definition) is 6. The monoisotopic (exact) mass is 274 g/mol. The number of rotatable bonds is 0. The van der Waals surface area contributed by atoms with Gasteiger partial charge in [0, 0.05) is 0 Å². The molecule has 0 saturated carbocycles. The average Bonchev–Trinajstić information content (AvgIpc) is 2.36. The maximum Gasteiger partial charge on any atom is 0.206 e. The summed E-state index contributed by atoms with van der Waals surface area (Å²) in [7, 11) is 0. The van der Waals surface area contributed by atoms with E-state index in [1.165, 1.54) is 12.4 Å². The molecule has 1 aliphatic rings. The van der Waals surface area contributed by atoms with Gasteiger partial charge in [0.15, 0.2) is 0 Å². The van der Waals surface area contributed by atoms with E-state index in [9.17, 15) is 0 Å². The van der Waals surface area contributed by atoms with Crippen LogP contribution in [0.5, 0.6) is 0 Å². The molecule has 84 valence electrons. The van der Waals surface area contributed by atoms with Crippen LogP contribution < -0.4 is 0 Å². The predicted octanol–water partition coefficient (Wildman–Crippen LogP) is 1.88. The van der Waals surface area contributed by atoms with E-state index < -0.39 is 0 Å². The van der Waals surface area contributed by atoms with Crippen LogP contribution in [0.15, 0.2) is 31.2 Å². The molecule has 0 atom stereocenters. The Morgan fingerprint density at radius 1 is 0.722 bits per heavy atom. The molecule has 0 heterocycles. The van der Waals surface area contributed by atoms with E-state index in [0.717, 1.165) is 0 Å². The van der Waals surface area contributed by atoms with Gasteiger partial charge in [0.05, 0.1) is 10.1 Å². The van der Waals surface area contributed by atoms with Crippen LogP contribution in [0.3, 0.4) is 0 Å². The molecule has 0 saturated heterocycles. The first kappa shape index (κ1) is 13.4. The van der Waals surface area contributed by atoms with Crippen LogP contribution in [0.4, 0.5) is 0 Å². The van der Waals surface area contributed by atoms with Crippen LogP contribution >= 0.6 is 23.2 Å². The second-order valence-corrected chi connectivity index (χ2v) is 3.48. The van der Waals surface area contributed by atoms with Gasteiger partial charge in [0.25, 0.3) is 0 Å². The van der Waals surface area contributed by atoms with Crippen molar-refractivity contribution in [2.24, 2.45) is 9.98 Å². The number of aliphatic imine (C=N–C) groups is 2. The molecule has 0 spiro atoms. The molecule has 0 aromatic rings. The van der Waals surface area contributed by atoms with Gasteiger partial charge in [0.2, 0.25) is 12.4 Å². The highest BCUT2D eigenvalue weighted by Gasteiger charge is 2.30. The third-order valence-corrected chi connectivity index (χ3v) is 2.61. The van der Waals surface area contributed by atoms with Gasteiger partial charge in [-0.1, -0.05) is 23.2 Å². The molecule has 0 aliphatic heterocycles. The molecule has 0 bridgehead atoms. The number of halogens is 2. The lowest BCUT2D eigenvalue weighted by atomic mass is 9.96. The van der Waals surface area contributed by atoms with Gasteiger partial charge in [-0.15, -0.1) is 0 Å². The lowest BCUT2D eigenvalue weighted by Gasteiger charge is -2.14. The third kappa shape index (κ3) is 2.08. The number of allylic oxidation sites excluding steroid dienone is 4. The Morgan fingerprint density at radius 2 is 1.06 bits per heavy atom. The Balaban J connectivity index is 3.75. The number of nitriles is 4. The van der Waals surface area contributed by atoms with E-state index in [4.69, 9.17) is 44.2 Å². The quantitative estimate of drug-likeness (QED) is 0.494. The highest BCUT2D eigenvalue weighted by Crippen LogP contribution is 2.30. The van der Waals surface area contributed by atoms with Gasteiger partial charge in [-0.25, -0.2) is 0 Å². The molecule has 0 radical (unpaired) electrons. The third-order valence-electron chi connectivity index (χ3n) is 1.88. The van der Waals surface area contributed by atoms with E-state index in [2.05, 4.69) is 9.98 Å². The van der Waals surface area contributed by atoms with Crippen LogP contribution in [0, 0.1) is 45.6 Å². The minimum Gasteiger partial charge on any atom is -0.192 e. The summed E-state index contributed by atoms with van der Waals surface area (Å²) in [5.41, 5.74) is -0.840. The molecule has 1 rings (SSSR count). The highest BCUT2D eigenvalue weighted by atomic mass is 35.5. The van der Waals surface area contributed by atoms with E-state index in [0.29, 0.717) is 0 Å². The van der Waals surface area contributed by atoms with Crippen molar-refractivity contribution in [2.45, 2.75) is 0 Å². The zero-order valence-corrected chi connectivity index (χ0v) is 9.95. The van der Waals surface area contributed by atoms with E-state index in [-0.39, 0.29) is 32.6 Å². The van der Waals surface area contributed by atoms with Crippen molar-refractivity contribution in [1.82, 2.24) is 0 Å². The lowest BCUT2D eigenvalue weighted by molar-refractivity contribution is 1.40. The Bertz CT molecular complexity index is 635. The summed E-state index contributed by atoms with van der Waals surface area (Å²) >= 11 is 11.7. The minimum atomic E-state index is -0.242. The molecule has 0 fully saturated rings. The minimum absolute atomic E-state index is 0.208. The zero-order chi connectivity index (χ0) is 13.7. The highest BCUT2D eigenvalue weighted by molar-refractivity contribution is 6.58. The Labute approximate surface area is 112 Å². The SMILES string of the molecule is N#CN=C1C(Cl)=C(C#N)C(=NC#N)C(Cl)=C1C#N. The van der Waals surface area contributed by atoms with Crippen LogP contribution in [0.2, 0.25) is 0 Å². The normalized spacial score (nSPS) is 19.2. The van der Waals surface area contributed by atoms with Crippen LogP contribution in [-0.4, -0.2) is 11.4 Å². The fourth-order valence-electron chi connectivity index (χ4n) is 1.18. The summed E-state index contributed by atoms with van der Waals surface area (Å²) < 4.78 is 0. The van der Waals surface area contributed by atoms with Crippen molar-refractivity contribution >= 4 is 34.6 Å². The molecule has 0 aromatic heterocycles. The van der Waals surface area contributed by atoms with Gasteiger partial charge in [-0.05, 0) is 0 Å². The smallest absolute Gasteiger partial charge is 0.192 e. The topological polar surface area (TPSA) is 120 Å². The fraction of sp³-hybridized carbons (Fsp3) is 0. The van der Waals surface area contributed by atoms with Crippen molar-refractivity contribution in [3.05, 3.63) is 21.2 Å². The summed E-state index contributed by atoms with van der Waals surface area (Å²) in [6, 6.07) is 3.40. The van der Waals surface area contributed by atoms with E-state index in [1.54, 1.807) is 12.1 Å². The first-order valence-electron chi connectivity index (χ1n) is 4.17. The first-order chi connectivity index (χ1) is 8.62. The van der Waals surface area contributed by atoms with Gasteiger partial charge < -0.3 is 0 Å². The van der Waals surface area contributed by atoms with Crippen LogP contribution in [-0.2, 0) is 0 Å². The molecule has 1 aliphatic carbocycles. The second-order valence-electron chi connectivity index (χ2n) is 2.72. The van der Waals surface area contributed by atoms with Crippen molar-refractivity contribution in [2.75, 3.05) is 0 Å². The summed E-state index contributed by atoms with van der Waals surface area (Å²) in [5, 5.41) is 34.4. The first-order valence-corrected chi connectivity index (χ1v) is 4.92. The van der Waals surface area contributed by atoms with E-state index in [1.807, 2.05) is 0 Å². The second kappa shape index (κ2) is 5.62. The average molecular weight is 275 g/mol. The molecule has 0 aromatic carbocycles. The molecule has 0 unspecified atom stereocenters. The lowest BCUT2D eigenvalue weighted by Crippen LogP contribution is -2.19. The maximum absolute atomic E-state index is 8.94. The summed E-state index contributed by atoms with van der Waals surface area (Å²) in [4.78, 5) is 6.68. The molecule has 0 amide bonds. The van der Waals surface area contributed by atoms with E-state index >= 15 is 0 Å². The van der Waals surface area contributed by atoms with Gasteiger partial charge in [-0.3, -0.25) is 0 Å². The van der Waals surface area contributed by atoms with Crippen molar-refractivity contribution in [3.63, 3.8) is 0 Å². The maximum atomic E-state index is 8.94. The zero-order valence-electron chi connectivity index (χ0n) is 8.44. The Hall–Kier alpha value is -2.64. The van der Waals surface area contributed by atoms with Gasteiger partial charge in [0.1, 0.15) is 34.7 Å².